The molecule has 2 heterocycles. The molecule has 59 heavy (non-hydrogen) atoms. The highest BCUT2D eigenvalue weighted by Gasteiger charge is 2.23. The molecule has 0 aliphatic rings. The predicted molar refractivity (Wildman–Crippen MR) is 253 cm³/mol. The molecule has 2 nitrogen and oxygen atoms in total. The highest BCUT2D eigenvalue weighted by molar-refractivity contribution is 7.25. The third-order valence-electron chi connectivity index (χ3n) is 11.9. The van der Waals surface area contributed by atoms with E-state index in [2.05, 4.69) is 217 Å². The van der Waals surface area contributed by atoms with Crippen molar-refractivity contribution >= 4 is 92.1 Å². The van der Waals surface area contributed by atoms with Crippen LogP contribution in [0.15, 0.2) is 217 Å². The van der Waals surface area contributed by atoms with Crippen LogP contribution in [0, 0.1) is 0 Å². The average Bonchev–Trinajstić information content (AvgIpc) is 3.89. The fraction of sp³-hybridized carbons (Fsp3) is 0. The van der Waals surface area contributed by atoms with Crippen LogP contribution in [0.2, 0.25) is 0 Å². The highest BCUT2D eigenvalue weighted by Crippen LogP contribution is 2.47. The summed E-state index contributed by atoms with van der Waals surface area (Å²) in [4.78, 5) is 2.41. The fourth-order valence-electron chi connectivity index (χ4n) is 8.96. The lowest BCUT2D eigenvalue weighted by Gasteiger charge is -2.27. The van der Waals surface area contributed by atoms with Crippen molar-refractivity contribution in [1.82, 2.24) is 0 Å². The zero-order valence-corrected chi connectivity index (χ0v) is 32.8. The van der Waals surface area contributed by atoms with Gasteiger partial charge in [-0.25, -0.2) is 0 Å². The first kappa shape index (κ1) is 33.7. The summed E-state index contributed by atoms with van der Waals surface area (Å²) in [5.74, 6) is 0. The average molecular weight is 770 g/mol. The van der Waals surface area contributed by atoms with E-state index in [1.165, 1.54) is 64.0 Å². The van der Waals surface area contributed by atoms with Gasteiger partial charge in [0.25, 0.3) is 0 Å². The number of anilines is 3. The summed E-state index contributed by atoms with van der Waals surface area (Å²) in [5, 5.41) is 9.70. The third kappa shape index (κ3) is 5.62. The molecule has 276 valence electrons. The summed E-state index contributed by atoms with van der Waals surface area (Å²) < 4.78 is 9.49. The van der Waals surface area contributed by atoms with Crippen molar-refractivity contribution in [1.29, 1.82) is 0 Å². The zero-order valence-electron chi connectivity index (χ0n) is 32.0. The number of para-hydroxylation sites is 1. The molecule has 12 rings (SSSR count). The number of furan rings is 1. The van der Waals surface area contributed by atoms with Crippen molar-refractivity contribution < 1.29 is 4.42 Å². The minimum absolute atomic E-state index is 0.869. The van der Waals surface area contributed by atoms with Gasteiger partial charge in [0.2, 0.25) is 0 Å². The van der Waals surface area contributed by atoms with E-state index in [1.54, 1.807) is 0 Å². The van der Waals surface area contributed by atoms with E-state index in [1.807, 2.05) is 11.3 Å². The zero-order chi connectivity index (χ0) is 38.9. The number of rotatable bonds is 6. The van der Waals surface area contributed by atoms with Gasteiger partial charge < -0.3 is 9.32 Å². The first-order valence-electron chi connectivity index (χ1n) is 20.1. The van der Waals surface area contributed by atoms with Crippen molar-refractivity contribution in [2.24, 2.45) is 0 Å². The number of hydrogen-bond acceptors (Lipinski definition) is 3. The van der Waals surface area contributed by atoms with Crippen molar-refractivity contribution in [3.8, 4) is 33.4 Å². The van der Waals surface area contributed by atoms with Crippen molar-refractivity contribution in [2.75, 3.05) is 4.90 Å². The molecule has 0 spiro atoms. The second kappa shape index (κ2) is 13.6. The van der Waals surface area contributed by atoms with Crippen molar-refractivity contribution in [3.63, 3.8) is 0 Å². The second-order valence-corrected chi connectivity index (χ2v) is 16.3. The van der Waals surface area contributed by atoms with Crippen LogP contribution in [0.3, 0.4) is 0 Å². The molecule has 0 bridgehead atoms. The Labute approximate surface area is 345 Å². The molecule has 0 aliphatic carbocycles. The topological polar surface area (TPSA) is 16.4 Å². The largest absolute Gasteiger partial charge is 0.455 e. The Morgan fingerprint density at radius 2 is 0.949 bits per heavy atom. The molecular weight excluding hydrogens is 735 g/mol. The lowest BCUT2D eigenvalue weighted by Crippen LogP contribution is -2.10. The lowest BCUT2D eigenvalue weighted by molar-refractivity contribution is 0.670. The van der Waals surface area contributed by atoms with Crippen LogP contribution in [0.25, 0.3) is 97.0 Å². The van der Waals surface area contributed by atoms with Crippen LogP contribution in [-0.2, 0) is 0 Å². The van der Waals surface area contributed by atoms with Crippen LogP contribution < -0.4 is 4.90 Å². The number of thiophene rings is 1. The van der Waals surface area contributed by atoms with E-state index in [4.69, 9.17) is 4.42 Å². The quantitative estimate of drug-likeness (QED) is 0.157. The summed E-state index contributed by atoms with van der Waals surface area (Å²) in [6, 6.07) is 76.9. The molecule has 0 unspecified atom stereocenters. The van der Waals surface area contributed by atoms with E-state index in [0.717, 1.165) is 50.1 Å². The number of benzene rings is 10. The van der Waals surface area contributed by atoms with Gasteiger partial charge in [0.05, 0.1) is 11.1 Å². The predicted octanol–water partition coefficient (Wildman–Crippen LogP) is 16.7. The molecule has 10 aromatic carbocycles. The Morgan fingerprint density at radius 1 is 0.356 bits per heavy atom. The van der Waals surface area contributed by atoms with Gasteiger partial charge >= 0.3 is 0 Å². The molecule has 0 atom stereocenters. The normalized spacial score (nSPS) is 11.7. The Bertz CT molecular complexity index is 3540. The van der Waals surface area contributed by atoms with Gasteiger partial charge in [0.15, 0.2) is 0 Å². The standard InChI is InChI=1S/C56H35NOS/c1-2-10-36(11-3-1)37-18-20-40(21-19-37)46-31-32-51(55-48-15-6-8-16-52(48)58-56(46)55)57(44-30-26-41-23-22-39-12-4-5-13-45(39)49(41)35-44)43-28-24-38(25-29-43)42-27-33-54-50(34-42)47-14-7-9-17-53(47)59-54/h1-35H. The first-order valence-corrected chi connectivity index (χ1v) is 20.9. The SMILES string of the molecule is c1ccc(-c2ccc(-c3ccc(N(c4ccc(-c5ccc6sc7ccccc7c6c5)cc4)c4ccc5ccc6ccccc6c5c4)c4c3oc3ccccc34)cc2)cc1. The number of hydrogen-bond donors (Lipinski definition) is 0. The minimum Gasteiger partial charge on any atom is -0.455 e. The number of nitrogens with zero attached hydrogens (tertiary/aromatic N) is 1. The van der Waals surface area contributed by atoms with Gasteiger partial charge in [0, 0.05) is 42.5 Å². The third-order valence-corrected chi connectivity index (χ3v) is 13.0. The Morgan fingerprint density at radius 3 is 1.80 bits per heavy atom. The van der Waals surface area contributed by atoms with Crippen LogP contribution in [0.1, 0.15) is 0 Å². The smallest absolute Gasteiger partial charge is 0.145 e. The summed E-state index contributed by atoms with van der Waals surface area (Å²) in [6.07, 6.45) is 0. The van der Waals surface area contributed by atoms with Gasteiger partial charge in [0.1, 0.15) is 11.2 Å². The van der Waals surface area contributed by atoms with E-state index in [0.29, 0.717) is 0 Å². The minimum atomic E-state index is 0.869. The second-order valence-electron chi connectivity index (χ2n) is 15.3. The summed E-state index contributed by atoms with van der Waals surface area (Å²) >= 11 is 1.86. The summed E-state index contributed by atoms with van der Waals surface area (Å²) in [7, 11) is 0. The summed E-state index contributed by atoms with van der Waals surface area (Å²) in [6.45, 7) is 0. The van der Waals surface area contributed by atoms with Gasteiger partial charge in [-0.1, -0.05) is 152 Å². The first-order chi connectivity index (χ1) is 29.2. The molecule has 0 saturated heterocycles. The van der Waals surface area contributed by atoms with Crippen LogP contribution in [0.4, 0.5) is 17.1 Å². The highest BCUT2D eigenvalue weighted by atomic mass is 32.1. The number of fused-ring (bicyclic) bond motifs is 9. The van der Waals surface area contributed by atoms with Crippen molar-refractivity contribution in [3.05, 3.63) is 212 Å². The van der Waals surface area contributed by atoms with Crippen molar-refractivity contribution in [2.45, 2.75) is 0 Å². The molecule has 2 aromatic heterocycles. The summed E-state index contributed by atoms with van der Waals surface area (Å²) in [5.41, 5.74) is 11.9. The molecule has 0 saturated carbocycles. The monoisotopic (exact) mass is 769 g/mol. The maximum Gasteiger partial charge on any atom is 0.145 e. The Kier molecular flexibility index (Phi) is 7.75. The van der Waals surface area contributed by atoms with E-state index in [9.17, 15) is 0 Å². The van der Waals surface area contributed by atoms with Crippen LogP contribution in [0.5, 0.6) is 0 Å². The van der Waals surface area contributed by atoms with Gasteiger partial charge in [-0.3, -0.25) is 0 Å². The van der Waals surface area contributed by atoms with Gasteiger partial charge in [-0.05, 0) is 110 Å². The molecule has 12 aromatic rings. The molecule has 0 fully saturated rings. The van der Waals surface area contributed by atoms with Crippen LogP contribution >= 0.6 is 11.3 Å². The fourth-order valence-corrected chi connectivity index (χ4v) is 10.0. The van der Waals surface area contributed by atoms with E-state index >= 15 is 0 Å². The van der Waals surface area contributed by atoms with Crippen LogP contribution in [-0.4, -0.2) is 0 Å². The maximum atomic E-state index is 6.85. The molecule has 0 aliphatic heterocycles. The lowest BCUT2D eigenvalue weighted by atomic mass is 9.97. The Balaban J connectivity index is 1.05. The van der Waals surface area contributed by atoms with Gasteiger partial charge in [-0.15, -0.1) is 11.3 Å². The van der Waals surface area contributed by atoms with Gasteiger partial charge in [-0.2, -0.15) is 0 Å². The van der Waals surface area contributed by atoms with E-state index < -0.39 is 0 Å². The molecule has 0 N–H and O–H groups in total. The molecule has 3 heteroatoms. The Hall–Kier alpha value is -7.46. The molecule has 0 radical (unpaired) electrons. The maximum absolute atomic E-state index is 6.85. The molecule has 0 amide bonds. The van der Waals surface area contributed by atoms with E-state index in [-0.39, 0.29) is 0 Å². The molecular formula is C56H35NOS.